The second-order valence-corrected chi connectivity index (χ2v) is 4.98. The van der Waals surface area contributed by atoms with Crippen LogP contribution in [0.1, 0.15) is 30.1 Å². The topological polar surface area (TPSA) is 65.5 Å². The van der Waals surface area contributed by atoms with Crippen LogP contribution in [0.4, 0.5) is 5.82 Å². The fourth-order valence-corrected chi connectivity index (χ4v) is 2.34. The highest BCUT2D eigenvalue weighted by Gasteiger charge is 2.32. The zero-order valence-electron chi connectivity index (χ0n) is 10.8. The molecule has 5 nitrogen and oxygen atoms in total. The molecule has 1 aliphatic heterocycles. The van der Waals surface area contributed by atoms with Crippen LogP contribution >= 0.6 is 0 Å². The number of aliphatic hydroxyl groups is 1. The van der Waals surface area contributed by atoms with Gasteiger partial charge in [-0.15, -0.1) is 0 Å². The molecule has 0 saturated carbocycles. The summed E-state index contributed by atoms with van der Waals surface area (Å²) in [7, 11) is 1.74. The fraction of sp³-hybridized carbons (Fsp3) is 0.538. The van der Waals surface area contributed by atoms with Crippen LogP contribution in [-0.4, -0.2) is 46.6 Å². The van der Waals surface area contributed by atoms with Crippen LogP contribution in [0.25, 0.3) is 0 Å². The first-order valence-corrected chi connectivity index (χ1v) is 6.18. The molecule has 0 radical (unpaired) electrons. The normalized spacial score (nSPS) is 23.8. The number of β-amino-alcohol motifs (C(OH)–C–C–N with tert-alkyl or cyclic N) is 1. The van der Waals surface area contributed by atoms with Gasteiger partial charge in [0.1, 0.15) is 5.82 Å². The summed E-state index contributed by atoms with van der Waals surface area (Å²) in [5.41, 5.74) is -0.228. The van der Waals surface area contributed by atoms with Gasteiger partial charge in [-0.1, -0.05) is 0 Å². The molecular weight excluding hydrogens is 230 g/mol. The number of rotatable bonds is 2. The van der Waals surface area contributed by atoms with Crippen molar-refractivity contribution in [1.82, 2.24) is 9.88 Å². The van der Waals surface area contributed by atoms with Crippen LogP contribution < -0.4 is 5.32 Å². The minimum atomic E-state index is -0.782. The number of hydrogen-bond donors (Lipinski definition) is 2. The van der Waals surface area contributed by atoms with E-state index >= 15 is 0 Å². The predicted octanol–water partition coefficient (Wildman–Crippen LogP) is 1.11. The Balaban J connectivity index is 2.20. The largest absolute Gasteiger partial charge is 0.388 e. The van der Waals surface area contributed by atoms with Crippen LogP contribution in [0.2, 0.25) is 0 Å². The molecule has 1 atom stereocenters. The lowest BCUT2D eigenvalue weighted by atomic mass is 9.94. The van der Waals surface area contributed by atoms with Gasteiger partial charge in [0.15, 0.2) is 0 Å². The van der Waals surface area contributed by atoms with Crippen molar-refractivity contribution < 1.29 is 9.90 Å². The average Bonchev–Trinajstić information content (AvgIpc) is 2.36. The number of carbonyl (C=O) groups is 1. The maximum atomic E-state index is 12.4. The second-order valence-electron chi connectivity index (χ2n) is 4.98. The Morgan fingerprint density at radius 1 is 1.61 bits per heavy atom. The van der Waals surface area contributed by atoms with Gasteiger partial charge in [0, 0.05) is 26.3 Å². The van der Waals surface area contributed by atoms with Crippen LogP contribution in [0.15, 0.2) is 18.3 Å². The molecule has 1 unspecified atom stereocenters. The molecule has 1 amide bonds. The third-order valence-corrected chi connectivity index (χ3v) is 3.24. The number of piperidine rings is 1. The molecule has 0 aromatic carbocycles. The van der Waals surface area contributed by atoms with Crippen LogP contribution in [-0.2, 0) is 0 Å². The molecule has 1 aromatic rings. The second kappa shape index (κ2) is 4.94. The van der Waals surface area contributed by atoms with Gasteiger partial charge in [0.2, 0.25) is 0 Å². The first-order valence-electron chi connectivity index (χ1n) is 6.18. The highest BCUT2D eigenvalue weighted by Crippen LogP contribution is 2.23. The van der Waals surface area contributed by atoms with Crippen LogP contribution in [0.5, 0.6) is 0 Å². The first-order chi connectivity index (χ1) is 8.53. The lowest BCUT2D eigenvalue weighted by Gasteiger charge is -2.37. The monoisotopic (exact) mass is 249 g/mol. The summed E-state index contributed by atoms with van der Waals surface area (Å²) in [6, 6.07) is 3.50. The molecule has 5 heteroatoms. The Morgan fingerprint density at radius 2 is 2.39 bits per heavy atom. The van der Waals surface area contributed by atoms with E-state index in [-0.39, 0.29) is 5.91 Å². The summed E-state index contributed by atoms with van der Waals surface area (Å²) in [5, 5.41) is 13.0. The zero-order valence-corrected chi connectivity index (χ0v) is 10.8. The lowest BCUT2D eigenvalue weighted by molar-refractivity contribution is -0.0107. The summed E-state index contributed by atoms with van der Waals surface area (Å²) in [6.45, 7) is 2.84. The number of anilines is 1. The average molecular weight is 249 g/mol. The van der Waals surface area contributed by atoms with Gasteiger partial charge in [-0.25, -0.2) is 4.98 Å². The van der Waals surface area contributed by atoms with Crippen molar-refractivity contribution in [2.24, 2.45) is 0 Å². The van der Waals surface area contributed by atoms with Crippen molar-refractivity contribution in [3.05, 3.63) is 23.9 Å². The van der Waals surface area contributed by atoms with Gasteiger partial charge in [0.25, 0.3) is 5.91 Å². The van der Waals surface area contributed by atoms with Crippen LogP contribution in [0, 0.1) is 0 Å². The number of amides is 1. The molecular formula is C13H19N3O2. The highest BCUT2D eigenvalue weighted by atomic mass is 16.3. The molecule has 1 fully saturated rings. The number of likely N-dealkylation sites (tertiary alicyclic amines) is 1. The van der Waals surface area contributed by atoms with Crippen molar-refractivity contribution >= 4 is 11.7 Å². The molecule has 1 saturated heterocycles. The summed E-state index contributed by atoms with van der Waals surface area (Å²) in [4.78, 5) is 18.2. The van der Waals surface area contributed by atoms with E-state index < -0.39 is 5.60 Å². The van der Waals surface area contributed by atoms with Gasteiger partial charge in [-0.2, -0.15) is 0 Å². The number of carbonyl (C=O) groups excluding carboxylic acids is 1. The van der Waals surface area contributed by atoms with E-state index in [0.717, 1.165) is 12.8 Å². The van der Waals surface area contributed by atoms with Gasteiger partial charge in [-0.3, -0.25) is 4.79 Å². The molecule has 98 valence electrons. The van der Waals surface area contributed by atoms with E-state index in [4.69, 9.17) is 0 Å². The smallest absolute Gasteiger partial charge is 0.257 e. The molecule has 0 spiro atoms. The number of hydrogen-bond acceptors (Lipinski definition) is 4. The summed E-state index contributed by atoms with van der Waals surface area (Å²) >= 11 is 0. The number of nitrogens with one attached hydrogen (secondary N) is 1. The quantitative estimate of drug-likeness (QED) is 0.824. The van der Waals surface area contributed by atoms with Gasteiger partial charge in [-0.05, 0) is 31.9 Å². The Hall–Kier alpha value is -1.62. The lowest BCUT2D eigenvalue weighted by Crippen LogP contribution is -2.48. The number of pyridine rings is 1. The summed E-state index contributed by atoms with van der Waals surface area (Å²) in [5.74, 6) is 0.500. The standard InChI is InChI=1S/C13H19N3O2/c1-13(18)6-4-8-16(9-13)12(17)10-5-3-7-15-11(10)14-2/h3,5,7,18H,4,6,8-9H2,1-2H3,(H,14,15). The molecule has 0 aliphatic carbocycles. The van der Waals surface area contributed by atoms with E-state index in [1.54, 1.807) is 37.2 Å². The highest BCUT2D eigenvalue weighted by molar-refractivity contribution is 5.98. The third kappa shape index (κ3) is 2.61. The molecule has 2 rings (SSSR count). The van der Waals surface area contributed by atoms with Crippen molar-refractivity contribution in [1.29, 1.82) is 0 Å². The molecule has 1 aliphatic rings. The SMILES string of the molecule is CNc1ncccc1C(=O)N1CCCC(C)(O)C1. The van der Waals surface area contributed by atoms with Crippen LogP contribution in [0.3, 0.4) is 0 Å². The first kappa shape index (κ1) is 12.8. The summed E-state index contributed by atoms with van der Waals surface area (Å²) < 4.78 is 0. The minimum absolute atomic E-state index is 0.0765. The third-order valence-electron chi connectivity index (χ3n) is 3.24. The Kier molecular flexibility index (Phi) is 3.52. The Morgan fingerprint density at radius 3 is 3.06 bits per heavy atom. The van der Waals surface area contributed by atoms with E-state index in [0.29, 0.717) is 24.5 Å². The van der Waals surface area contributed by atoms with Gasteiger partial charge in [0.05, 0.1) is 11.2 Å². The van der Waals surface area contributed by atoms with E-state index in [1.165, 1.54) is 0 Å². The van der Waals surface area contributed by atoms with Crippen molar-refractivity contribution in [3.8, 4) is 0 Å². The Labute approximate surface area is 107 Å². The van der Waals surface area contributed by atoms with Crippen molar-refractivity contribution in [3.63, 3.8) is 0 Å². The number of nitrogens with zero attached hydrogens (tertiary/aromatic N) is 2. The Bertz CT molecular complexity index is 446. The maximum absolute atomic E-state index is 12.4. The minimum Gasteiger partial charge on any atom is -0.388 e. The predicted molar refractivity (Wildman–Crippen MR) is 69.5 cm³/mol. The zero-order chi connectivity index (χ0) is 13.2. The molecule has 18 heavy (non-hydrogen) atoms. The van der Waals surface area contributed by atoms with Gasteiger partial charge >= 0.3 is 0 Å². The molecule has 2 N–H and O–H groups in total. The molecule has 2 heterocycles. The van der Waals surface area contributed by atoms with Gasteiger partial charge < -0.3 is 15.3 Å². The van der Waals surface area contributed by atoms with Crippen molar-refractivity contribution in [2.45, 2.75) is 25.4 Å². The van der Waals surface area contributed by atoms with E-state index in [1.807, 2.05) is 0 Å². The fourth-order valence-electron chi connectivity index (χ4n) is 2.34. The maximum Gasteiger partial charge on any atom is 0.257 e. The van der Waals surface area contributed by atoms with E-state index in [2.05, 4.69) is 10.3 Å². The molecule has 0 bridgehead atoms. The van der Waals surface area contributed by atoms with E-state index in [9.17, 15) is 9.90 Å². The summed E-state index contributed by atoms with van der Waals surface area (Å²) in [6.07, 6.45) is 3.21. The number of aromatic nitrogens is 1. The van der Waals surface area contributed by atoms with Crippen molar-refractivity contribution in [2.75, 3.05) is 25.5 Å². The molecule has 1 aromatic heterocycles.